The predicted molar refractivity (Wildman–Crippen MR) is 75.3 cm³/mol. The molecule has 0 spiro atoms. The van der Waals surface area contributed by atoms with Crippen molar-refractivity contribution in [1.82, 2.24) is 10.7 Å². The van der Waals surface area contributed by atoms with Gasteiger partial charge in [0.25, 0.3) is 0 Å². The van der Waals surface area contributed by atoms with Crippen molar-refractivity contribution in [2.24, 2.45) is 0 Å². The molecule has 0 radical (unpaired) electrons. The minimum absolute atomic E-state index is 0.136. The van der Waals surface area contributed by atoms with Gasteiger partial charge in [-0.05, 0) is 31.5 Å². The normalized spacial score (nSPS) is 15.9. The van der Waals surface area contributed by atoms with Crippen molar-refractivity contribution in [3.8, 4) is 0 Å². The number of rotatable bonds is 4. The molecule has 9 heteroatoms. The van der Waals surface area contributed by atoms with Gasteiger partial charge in [-0.2, -0.15) is 18.3 Å². The Hall–Kier alpha value is -2.26. The van der Waals surface area contributed by atoms with Gasteiger partial charge in [-0.1, -0.05) is 6.07 Å². The summed E-state index contributed by atoms with van der Waals surface area (Å²) >= 11 is 0. The van der Waals surface area contributed by atoms with E-state index in [0.717, 1.165) is 11.2 Å². The van der Waals surface area contributed by atoms with Gasteiger partial charge in [0.05, 0.1) is 24.6 Å². The van der Waals surface area contributed by atoms with Crippen molar-refractivity contribution < 1.29 is 27.5 Å². The lowest BCUT2D eigenvalue weighted by Gasteiger charge is -2.24. The predicted octanol–water partition coefficient (Wildman–Crippen LogP) is 2.52. The number of halogens is 3. The van der Waals surface area contributed by atoms with E-state index >= 15 is 0 Å². The molecule has 0 saturated heterocycles. The third-order valence-corrected chi connectivity index (χ3v) is 3.17. The maximum absolute atomic E-state index is 12.9. The van der Waals surface area contributed by atoms with Crippen LogP contribution in [-0.2, 0) is 20.5 Å². The number of hydroxylamine groups is 1. The van der Waals surface area contributed by atoms with Gasteiger partial charge in [0.2, 0.25) is 0 Å². The van der Waals surface area contributed by atoms with E-state index in [0.29, 0.717) is 0 Å². The first-order valence-corrected chi connectivity index (χ1v) is 6.68. The van der Waals surface area contributed by atoms with E-state index < -0.39 is 23.8 Å². The molecule has 1 aliphatic heterocycles. The van der Waals surface area contributed by atoms with Crippen LogP contribution in [0.5, 0.6) is 0 Å². The van der Waals surface area contributed by atoms with Gasteiger partial charge in [-0.25, -0.2) is 9.63 Å². The fourth-order valence-corrected chi connectivity index (χ4v) is 1.95. The summed E-state index contributed by atoms with van der Waals surface area (Å²) in [6.45, 7) is 2.88. The summed E-state index contributed by atoms with van der Waals surface area (Å²) in [6, 6.07) is 3.95. The monoisotopic (exact) mass is 331 g/mol. The average molecular weight is 331 g/mol. The van der Waals surface area contributed by atoms with Crippen LogP contribution in [0.15, 0.2) is 30.6 Å². The molecule has 1 aromatic carbocycles. The molecule has 126 valence electrons. The molecule has 0 saturated carbocycles. The summed E-state index contributed by atoms with van der Waals surface area (Å²) in [5.74, 6) is -0.576. The molecule has 1 aliphatic rings. The van der Waals surface area contributed by atoms with Crippen LogP contribution in [0.3, 0.4) is 0 Å². The van der Waals surface area contributed by atoms with E-state index in [1.165, 1.54) is 50.5 Å². The number of nitrogens with zero attached hydrogens (tertiary/aromatic N) is 2. The second-order valence-corrected chi connectivity index (χ2v) is 4.86. The molecule has 0 amide bonds. The second-order valence-electron chi connectivity index (χ2n) is 4.86. The van der Waals surface area contributed by atoms with Crippen LogP contribution in [-0.4, -0.2) is 24.4 Å². The van der Waals surface area contributed by atoms with Crippen LogP contribution in [0.1, 0.15) is 18.1 Å². The quantitative estimate of drug-likeness (QED) is 0.856. The number of benzene rings is 1. The van der Waals surface area contributed by atoms with Gasteiger partial charge in [0, 0.05) is 6.20 Å². The molecule has 1 unspecified atom stereocenters. The van der Waals surface area contributed by atoms with Crippen LogP contribution in [0.2, 0.25) is 0 Å². The summed E-state index contributed by atoms with van der Waals surface area (Å²) in [7, 11) is 1.23. The number of anilines is 1. The molecule has 0 bridgehead atoms. The molecule has 0 aromatic heterocycles. The van der Waals surface area contributed by atoms with E-state index in [1.807, 2.05) is 0 Å². The lowest BCUT2D eigenvalue weighted by molar-refractivity contribution is -0.203. The number of methoxy groups -OCH3 is 1. The van der Waals surface area contributed by atoms with E-state index in [2.05, 4.69) is 10.3 Å². The topological polar surface area (TPSA) is 54.0 Å². The number of esters is 1. The molecular formula is C14H16F3N3O3. The molecule has 1 aromatic rings. The highest BCUT2D eigenvalue weighted by atomic mass is 19.4. The van der Waals surface area contributed by atoms with E-state index in [9.17, 15) is 18.0 Å². The summed E-state index contributed by atoms with van der Waals surface area (Å²) in [5, 5.41) is 2.44. The highest BCUT2D eigenvalue weighted by molar-refractivity contribution is 5.73. The van der Waals surface area contributed by atoms with Crippen LogP contribution in [0.25, 0.3) is 0 Å². The first-order valence-electron chi connectivity index (χ1n) is 6.68. The largest absolute Gasteiger partial charge is 0.467 e. The number of carbonyl (C=O) groups excluding carboxylic acids is 1. The maximum atomic E-state index is 12.9. The molecule has 2 rings (SSSR count). The number of aryl methyl sites for hydroxylation is 1. The van der Waals surface area contributed by atoms with Gasteiger partial charge in [-0.3, -0.25) is 5.01 Å². The molecule has 23 heavy (non-hydrogen) atoms. The third-order valence-electron chi connectivity index (χ3n) is 3.17. The number of hydrogen-bond acceptors (Lipinski definition) is 6. The zero-order valence-corrected chi connectivity index (χ0v) is 12.7. The fraction of sp³-hybridized carbons (Fsp3) is 0.357. The Bertz CT molecular complexity index is 619. The van der Waals surface area contributed by atoms with Gasteiger partial charge >= 0.3 is 12.1 Å². The van der Waals surface area contributed by atoms with Crippen LogP contribution in [0, 0.1) is 6.92 Å². The van der Waals surface area contributed by atoms with Crippen molar-refractivity contribution in [2.75, 3.05) is 12.1 Å². The van der Waals surface area contributed by atoms with Crippen molar-refractivity contribution in [3.05, 3.63) is 41.7 Å². The van der Waals surface area contributed by atoms with Gasteiger partial charge in [0.1, 0.15) is 0 Å². The summed E-state index contributed by atoms with van der Waals surface area (Å²) in [4.78, 5) is 16.5. The maximum Gasteiger partial charge on any atom is 0.416 e. The Morgan fingerprint density at radius 1 is 1.30 bits per heavy atom. The highest BCUT2D eigenvalue weighted by Gasteiger charge is 2.33. The number of carbonyl (C=O) groups is 1. The lowest BCUT2D eigenvalue weighted by atomic mass is 10.1. The van der Waals surface area contributed by atoms with Crippen molar-refractivity contribution >= 4 is 11.7 Å². The summed E-state index contributed by atoms with van der Waals surface area (Å²) in [5.41, 5.74) is 2.37. The van der Waals surface area contributed by atoms with Crippen molar-refractivity contribution in [2.45, 2.75) is 26.1 Å². The Balaban J connectivity index is 2.08. The number of ether oxygens (including phenoxy) is 1. The summed E-state index contributed by atoms with van der Waals surface area (Å²) < 4.78 is 43.4. The minimum atomic E-state index is -4.43. The first kappa shape index (κ1) is 17.1. The SMILES string of the molecule is COC(=O)C(C)ON1C=CN(c2ccc(C)c(C(F)(F)F)c2)N1. The second kappa shape index (κ2) is 6.47. The van der Waals surface area contributed by atoms with Crippen LogP contribution < -0.4 is 10.5 Å². The average Bonchev–Trinajstić information content (AvgIpc) is 2.94. The zero-order chi connectivity index (χ0) is 17.2. The van der Waals surface area contributed by atoms with Crippen LogP contribution in [0.4, 0.5) is 18.9 Å². The molecular weight excluding hydrogens is 315 g/mol. The number of nitrogens with one attached hydrogen (secondary N) is 1. The van der Waals surface area contributed by atoms with Crippen molar-refractivity contribution in [3.63, 3.8) is 0 Å². The molecule has 1 atom stereocenters. The summed E-state index contributed by atoms with van der Waals surface area (Å²) in [6.07, 6.45) is -2.42. The van der Waals surface area contributed by atoms with E-state index in [1.54, 1.807) is 0 Å². The molecule has 1 heterocycles. The van der Waals surface area contributed by atoms with Gasteiger partial charge in [0.15, 0.2) is 6.10 Å². The Labute approximate surface area is 131 Å². The number of hydrogen-bond donors (Lipinski definition) is 1. The number of alkyl halides is 3. The Kier molecular flexibility index (Phi) is 4.81. The van der Waals surface area contributed by atoms with Gasteiger partial charge < -0.3 is 4.74 Å². The molecule has 0 aliphatic carbocycles. The molecule has 6 nitrogen and oxygen atoms in total. The van der Waals surface area contributed by atoms with E-state index in [-0.39, 0.29) is 11.3 Å². The molecule has 0 fully saturated rings. The highest BCUT2D eigenvalue weighted by Crippen LogP contribution is 2.34. The zero-order valence-electron chi connectivity index (χ0n) is 12.7. The third kappa shape index (κ3) is 3.93. The first-order chi connectivity index (χ1) is 10.7. The minimum Gasteiger partial charge on any atom is -0.467 e. The fourth-order valence-electron chi connectivity index (χ4n) is 1.95. The smallest absolute Gasteiger partial charge is 0.416 e. The molecule has 1 N–H and O–H groups in total. The Morgan fingerprint density at radius 2 is 2.00 bits per heavy atom. The van der Waals surface area contributed by atoms with E-state index in [4.69, 9.17) is 4.84 Å². The lowest BCUT2D eigenvalue weighted by Crippen LogP contribution is -2.42. The number of hydrazine groups is 2. The van der Waals surface area contributed by atoms with Crippen molar-refractivity contribution in [1.29, 1.82) is 0 Å². The van der Waals surface area contributed by atoms with Crippen LogP contribution >= 0.6 is 0 Å². The van der Waals surface area contributed by atoms with Gasteiger partial charge in [-0.15, -0.1) is 5.53 Å². The Morgan fingerprint density at radius 3 is 2.61 bits per heavy atom. The standard InChI is InChI=1S/C14H16F3N3O3/c1-9-4-5-11(8-12(9)14(15,16)17)19-6-7-20(18-19)23-10(2)13(21)22-3/h4-8,10,18H,1-3H3.